The van der Waals surface area contributed by atoms with Crippen LogP contribution in [0.2, 0.25) is 5.02 Å². The molecule has 124 valence electrons. The van der Waals surface area contributed by atoms with Gasteiger partial charge >= 0.3 is 0 Å². The zero-order valence-electron chi connectivity index (χ0n) is 13.9. The van der Waals surface area contributed by atoms with Gasteiger partial charge in [-0.3, -0.25) is 4.79 Å². The molecule has 0 saturated heterocycles. The summed E-state index contributed by atoms with van der Waals surface area (Å²) in [7, 11) is 0. The van der Waals surface area contributed by atoms with Crippen molar-refractivity contribution >= 4 is 35.2 Å². The molecule has 4 heteroatoms. The number of ketones is 1. The molecule has 2 heterocycles. The smallest absolute Gasteiger partial charge is 0.200 e. The molecular weight excluding hydrogens is 350 g/mol. The second-order valence-corrected chi connectivity index (χ2v) is 7.59. The van der Waals surface area contributed by atoms with Crippen LogP contribution in [0, 0.1) is 13.8 Å². The monoisotopic (exact) mass is 365 g/mol. The molecule has 0 amide bonds. The van der Waals surface area contributed by atoms with E-state index in [1.54, 1.807) is 11.8 Å². The maximum atomic E-state index is 12.6. The van der Waals surface area contributed by atoms with Crippen molar-refractivity contribution in [1.82, 2.24) is 4.57 Å². The van der Waals surface area contributed by atoms with Crippen molar-refractivity contribution in [3.05, 3.63) is 87.0 Å². The van der Waals surface area contributed by atoms with Crippen LogP contribution in [0.5, 0.6) is 0 Å². The Morgan fingerprint density at radius 1 is 1.04 bits per heavy atom. The number of hydrogen-bond donors (Lipinski definition) is 0. The van der Waals surface area contributed by atoms with Crippen LogP contribution >= 0.6 is 23.4 Å². The molecule has 0 bridgehead atoms. The lowest BCUT2D eigenvalue weighted by Gasteiger charge is -2.09. The van der Waals surface area contributed by atoms with E-state index in [9.17, 15) is 4.79 Å². The molecule has 1 aliphatic rings. The summed E-state index contributed by atoms with van der Waals surface area (Å²) in [6.45, 7) is 4.15. The number of Topliss-reactive ketones (excluding diaryl/α,β-unsaturated/α-hetero) is 1. The number of rotatable bonds is 2. The van der Waals surface area contributed by atoms with Gasteiger partial charge in [0.2, 0.25) is 5.78 Å². The van der Waals surface area contributed by atoms with E-state index >= 15 is 0 Å². The topological polar surface area (TPSA) is 22.0 Å². The Morgan fingerprint density at radius 3 is 2.48 bits per heavy atom. The number of benzene rings is 2. The van der Waals surface area contributed by atoms with Crippen molar-refractivity contribution in [2.75, 3.05) is 0 Å². The second-order valence-electron chi connectivity index (χ2n) is 6.07. The predicted octanol–water partition coefficient (Wildman–Crippen LogP) is 6.08. The fourth-order valence-electron chi connectivity index (χ4n) is 3.20. The molecule has 0 N–H and O–H groups in total. The highest BCUT2D eigenvalue weighted by Gasteiger charge is 2.25. The van der Waals surface area contributed by atoms with Crippen molar-refractivity contribution in [3.63, 3.8) is 0 Å². The summed E-state index contributed by atoms with van der Waals surface area (Å²) in [5, 5.41) is 0.722. The number of carbonyl (C=O) groups excluding carboxylic acids is 1. The first-order valence-electron chi connectivity index (χ1n) is 8.03. The third kappa shape index (κ3) is 2.84. The molecule has 0 radical (unpaired) electrons. The molecule has 0 fully saturated rings. The molecule has 0 saturated carbocycles. The van der Waals surface area contributed by atoms with E-state index in [-0.39, 0.29) is 5.78 Å². The van der Waals surface area contributed by atoms with Crippen LogP contribution in [0.4, 0.5) is 0 Å². The van der Waals surface area contributed by atoms with E-state index in [1.165, 1.54) is 0 Å². The minimum atomic E-state index is 0.108. The number of halogens is 1. The number of aromatic nitrogens is 1. The summed E-state index contributed by atoms with van der Waals surface area (Å²) >= 11 is 7.54. The van der Waals surface area contributed by atoms with Gasteiger partial charge in [-0.1, -0.05) is 35.5 Å². The molecule has 1 aliphatic heterocycles. The zero-order valence-corrected chi connectivity index (χ0v) is 15.5. The predicted molar refractivity (Wildman–Crippen MR) is 105 cm³/mol. The minimum absolute atomic E-state index is 0.108. The molecule has 0 aliphatic carbocycles. The van der Waals surface area contributed by atoms with Crippen LogP contribution in [0.3, 0.4) is 0 Å². The molecule has 0 spiro atoms. The van der Waals surface area contributed by atoms with Crippen LogP contribution in [0.25, 0.3) is 11.8 Å². The van der Waals surface area contributed by atoms with Crippen LogP contribution in [0.15, 0.2) is 64.4 Å². The lowest BCUT2D eigenvalue weighted by atomic mass is 10.1. The van der Waals surface area contributed by atoms with Gasteiger partial charge in [-0.2, -0.15) is 0 Å². The van der Waals surface area contributed by atoms with Gasteiger partial charge in [0.15, 0.2) is 0 Å². The number of nitrogens with zero attached hydrogens (tertiary/aromatic N) is 1. The van der Waals surface area contributed by atoms with Crippen molar-refractivity contribution in [2.24, 2.45) is 0 Å². The maximum absolute atomic E-state index is 12.6. The fraction of sp³-hybridized carbons (Fsp3) is 0.0952. The highest BCUT2D eigenvalue weighted by Crippen LogP contribution is 2.41. The number of hydrogen-bond acceptors (Lipinski definition) is 2. The van der Waals surface area contributed by atoms with Crippen LogP contribution in [-0.4, -0.2) is 10.4 Å². The highest BCUT2D eigenvalue weighted by atomic mass is 35.5. The summed E-state index contributed by atoms with van der Waals surface area (Å²) in [6, 6.07) is 17.7. The molecule has 1 aromatic heterocycles. The van der Waals surface area contributed by atoms with Gasteiger partial charge in [-0.05, 0) is 68.0 Å². The standard InChI is InChI=1S/C21H16ClNOS/c1-13-11-15(14(2)23(13)17-9-7-16(22)8-10-17)12-20-21(24)18-5-3-4-6-19(18)25-20/h3-12H,1-2H3/b20-12-. The minimum Gasteiger partial charge on any atom is -0.318 e. The maximum Gasteiger partial charge on any atom is 0.200 e. The van der Waals surface area contributed by atoms with Gasteiger partial charge < -0.3 is 4.57 Å². The van der Waals surface area contributed by atoms with Gasteiger partial charge in [0, 0.05) is 32.6 Å². The van der Waals surface area contributed by atoms with Crippen molar-refractivity contribution in [3.8, 4) is 5.69 Å². The summed E-state index contributed by atoms with van der Waals surface area (Å²) in [5.74, 6) is 0.108. The van der Waals surface area contributed by atoms with E-state index in [0.717, 1.165) is 43.0 Å². The fourth-order valence-corrected chi connectivity index (χ4v) is 4.37. The van der Waals surface area contributed by atoms with Crippen molar-refractivity contribution < 1.29 is 4.79 Å². The highest BCUT2D eigenvalue weighted by molar-refractivity contribution is 8.04. The van der Waals surface area contributed by atoms with Gasteiger partial charge in [0.05, 0.1) is 4.91 Å². The number of thioether (sulfide) groups is 1. The first kappa shape index (κ1) is 16.2. The van der Waals surface area contributed by atoms with E-state index in [1.807, 2.05) is 54.6 Å². The quantitative estimate of drug-likeness (QED) is 0.513. The Hall–Kier alpha value is -2.23. The Labute approximate surface area is 156 Å². The molecule has 2 nitrogen and oxygen atoms in total. The van der Waals surface area contributed by atoms with Crippen molar-refractivity contribution in [1.29, 1.82) is 0 Å². The molecule has 2 aromatic carbocycles. The second kappa shape index (κ2) is 6.25. The van der Waals surface area contributed by atoms with Crippen LogP contribution in [-0.2, 0) is 0 Å². The Balaban J connectivity index is 1.75. The SMILES string of the molecule is Cc1cc(/C=C2\Sc3ccccc3C2=O)c(C)n1-c1ccc(Cl)cc1. The summed E-state index contributed by atoms with van der Waals surface area (Å²) in [4.78, 5) is 14.4. The normalized spacial score (nSPS) is 15.0. The van der Waals surface area contributed by atoms with Gasteiger partial charge in [-0.25, -0.2) is 0 Å². The molecule has 3 aromatic rings. The molecule has 0 unspecified atom stereocenters. The first-order chi connectivity index (χ1) is 12.0. The zero-order chi connectivity index (χ0) is 17.6. The molecule has 25 heavy (non-hydrogen) atoms. The van der Waals surface area contributed by atoms with Crippen molar-refractivity contribution in [2.45, 2.75) is 18.7 Å². The van der Waals surface area contributed by atoms with Gasteiger partial charge in [0.25, 0.3) is 0 Å². The van der Waals surface area contributed by atoms with E-state index in [2.05, 4.69) is 24.5 Å². The number of allylic oxidation sites excluding steroid dienone is 1. The number of aryl methyl sites for hydroxylation is 1. The third-order valence-corrected chi connectivity index (χ3v) is 5.77. The van der Waals surface area contributed by atoms with E-state index < -0.39 is 0 Å². The summed E-state index contributed by atoms with van der Waals surface area (Å²) < 4.78 is 2.18. The Kier molecular flexibility index (Phi) is 4.06. The summed E-state index contributed by atoms with van der Waals surface area (Å²) in [6.07, 6.45) is 2.00. The van der Waals surface area contributed by atoms with Gasteiger partial charge in [-0.15, -0.1) is 0 Å². The lowest BCUT2D eigenvalue weighted by molar-refractivity contribution is 0.104. The van der Waals surface area contributed by atoms with Gasteiger partial charge in [0.1, 0.15) is 0 Å². The summed E-state index contributed by atoms with van der Waals surface area (Å²) in [5.41, 5.74) is 5.16. The average molecular weight is 366 g/mol. The number of fused-ring (bicyclic) bond motifs is 1. The third-order valence-electron chi connectivity index (χ3n) is 4.42. The average Bonchev–Trinajstić information content (AvgIpc) is 3.06. The van der Waals surface area contributed by atoms with E-state index in [0.29, 0.717) is 0 Å². The molecule has 4 rings (SSSR count). The molecule has 0 atom stereocenters. The largest absolute Gasteiger partial charge is 0.318 e. The Morgan fingerprint density at radius 2 is 1.76 bits per heavy atom. The lowest BCUT2D eigenvalue weighted by Crippen LogP contribution is -1.99. The molecular formula is C21H16ClNOS. The Bertz CT molecular complexity index is 1010. The van der Waals surface area contributed by atoms with Crippen LogP contribution < -0.4 is 0 Å². The first-order valence-corrected chi connectivity index (χ1v) is 9.22. The van der Waals surface area contributed by atoms with E-state index in [4.69, 9.17) is 11.6 Å². The number of carbonyl (C=O) groups is 1. The van der Waals surface area contributed by atoms with Crippen LogP contribution in [0.1, 0.15) is 27.3 Å².